The van der Waals surface area contributed by atoms with Crippen LogP contribution in [0.15, 0.2) is 24.0 Å². The minimum Gasteiger partial charge on any atom is -0.498 e. The molecule has 0 aromatic carbocycles. The third kappa shape index (κ3) is 4.26. The van der Waals surface area contributed by atoms with Crippen molar-refractivity contribution in [2.45, 2.75) is 33.1 Å². The van der Waals surface area contributed by atoms with Gasteiger partial charge in [-0.05, 0) is 24.8 Å². The van der Waals surface area contributed by atoms with Crippen LogP contribution in [-0.2, 0) is 4.74 Å². The lowest BCUT2D eigenvalue weighted by molar-refractivity contribution is 0.170. The molecular weight excluding hydrogens is 174 g/mol. The predicted octanol–water partition coefficient (Wildman–Crippen LogP) is 3.30. The highest BCUT2D eigenvalue weighted by Gasteiger charge is 2.03. The zero-order valence-corrected chi connectivity index (χ0v) is 9.05. The van der Waals surface area contributed by atoms with Crippen molar-refractivity contribution >= 4 is 5.71 Å². The van der Waals surface area contributed by atoms with E-state index < -0.39 is 0 Å². The van der Waals surface area contributed by atoms with Crippen LogP contribution in [0.2, 0.25) is 0 Å². The molecule has 0 atom stereocenters. The van der Waals surface area contributed by atoms with E-state index in [2.05, 4.69) is 19.9 Å². The third-order valence-corrected chi connectivity index (χ3v) is 2.01. The Balaban J connectivity index is 2.51. The molecule has 2 heteroatoms. The first-order valence-electron chi connectivity index (χ1n) is 5.27. The Morgan fingerprint density at radius 2 is 2.29 bits per heavy atom. The molecule has 0 unspecified atom stereocenters. The lowest BCUT2D eigenvalue weighted by Crippen LogP contribution is -2.04. The van der Waals surface area contributed by atoms with E-state index in [1.807, 2.05) is 12.2 Å². The lowest BCUT2D eigenvalue weighted by atomic mass is 10.1. The van der Waals surface area contributed by atoms with Crippen LogP contribution in [0.1, 0.15) is 33.1 Å². The van der Waals surface area contributed by atoms with Gasteiger partial charge in [-0.2, -0.15) is 0 Å². The normalized spacial score (nSPS) is 23.6. The van der Waals surface area contributed by atoms with Gasteiger partial charge in [-0.15, -0.1) is 0 Å². The summed E-state index contributed by atoms with van der Waals surface area (Å²) in [4.78, 5) is 0. The van der Waals surface area contributed by atoms with Crippen molar-refractivity contribution in [2.24, 2.45) is 5.92 Å². The molecule has 0 saturated carbocycles. The zero-order valence-electron chi connectivity index (χ0n) is 9.05. The standard InChI is InChI=1S/C12H19NO/c1-10(2)9-14-12-7-5-3-4-6-11(13)8-12/h4,6,8,10,13H,3,5,7,9H2,1-2H3/b6-4-,12-8+,13-11?. The van der Waals surface area contributed by atoms with Crippen LogP contribution in [-0.4, -0.2) is 12.3 Å². The van der Waals surface area contributed by atoms with Crippen molar-refractivity contribution in [1.29, 1.82) is 5.41 Å². The maximum absolute atomic E-state index is 7.60. The minimum atomic E-state index is 0.545. The fourth-order valence-corrected chi connectivity index (χ4v) is 1.29. The van der Waals surface area contributed by atoms with E-state index in [1.54, 1.807) is 0 Å². The molecular formula is C12H19NO. The number of ether oxygens (including phenoxy) is 1. The molecule has 0 aromatic heterocycles. The van der Waals surface area contributed by atoms with E-state index in [0.717, 1.165) is 31.6 Å². The average molecular weight is 193 g/mol. The fraction of sp³-hybridized carbons (Fsp3) is 0.583. The van der Waals surface area contributed by atoms with Crippen LogP contribution in [0.25, 0.3) is 0 Å². The van der Waals surface area contributed by atoms with Crippen LogP contribution in [0, 0.1) is 11.3 Å². The predicted molar refractivity (Wildman–Crippen MR) is 59.6 cm³/mol. The quantitative estimate of drug-likeness (QED) is 0.733. The molecule has 0 saturated heterocycles. The number of hydrogen-bond acceptors (Lipinski definition) is 2. The molecule has 0 spiro atoms. The van der Waals surface area contributed by atoms with Gasteiger partial charge in [-0.3, -0.25) is 0 Å². The Morgan fingerprint density at radius 1 is 1.50 bits per heavy atom. The Bertz CT molecular complexity index is 251. The molecule has 14 heavy (non-hydrogen) atoms. The summed E-state index contributed by atoms with van der Waals surface area (Å²) in [5.41, 5.74) is 0.545. The first-order valence-corrected chi connectivity index (χ1v) is 5.27. The third-order valence-electron chi connectivity index (χ3n) is 2.01. The SMILES string of the molecule is CC(C)CO/C1=C/C(=N)/C=C\CCC1. The Kier molecular flexibility index (Phi) is 4.44. The molecule has 1 N–H and O–H groups in total. The van der Waals surface area contributed by atoms with Gasteiger partial charge in [0.05, 0.1) is 18.1 Å². The summed E-state index contributed by atoms with van der Waals surface area (Å²) >= 11 is 0. The lowest BCUT2D eigenvalue weighted by Gasteiger charge is -2.13. The monoisotopic (exact) mass is 193 g/mol. The van der Waals surface area contributed by atoms with E-state index in [-0.39, 0.29) is 0 Å². The largest absolute Gasteiger partial charge is 0.498 e. The van der Waals surface area contributed by atoms with Gasteiger partial charge in [0.2, 0.25) is 0 Å². The molecule has 0 heterocycles. The Morgan fingerprint density at radius 3 is 3.00 bits per heavy atom. The highest BCUT2D eigenvalue weighted by Crippen LogP contribution is 2.13. The average Bonchev–Trinajstić information content (AvgIpc) is 2.08. The summed E-state index contributed by atoms with van der Waals surface area (Å²) < 4.78 is 5.64. The summed E-state index contributed by atoms with van der Waals surface area (Å²) in [6.45, 7) is 5.02. The molecule has 0 amide bonds. The molecule has 2 nitrogen and oxygen atoms in total. The van der Waals surface area contributed by atoms with Crippen molar-refractivity contribution in [3.05, 3.63) is 24.0 Å². The molecule has 0 aliphatic heterocycles. The number of rotatable bonds is 3. The van der Waals surface area contributed by atoms with Gasteiger partial charge >= 0.3 is 0 Å². The van der Waals surface area contributed by atoms with Crippen LogP contribution < -0.4 is 0 Å². The molecule has 78 valence electrons. The van der Waals surface area contributed by atoms with Gasteiger partial charge in [0.15, 0.2) is 0 Å². The Hall–Kier alpha value is -1.05. The van der Waals surface area contributed by atoms with Crippen LogP contribution >= 0.6 is 0 Å². The number of nitrogens with one attached hydrogen (secondary N) is 1. The first kappa shape index (κ1) is 11.0. The molecule has 0 radical (unpaired) electrons. The second-order valence-electron chi connectivity index (χ2n) is 4.07. The van der Waals surface area contributed by atoms with E-state index in [9.17, 15) is 0 Å². The molecule has 0 bridgehead atoms. The maximum Gasteiger partial charge on any atom is 0.0981 e. The highest BCUT2D eigenvalue weighted by molar-refractivity contribution is 6.01. The summed E-state index contributed by atoms with van der Waals surface area (Å²) in [6.07, 6.45) is 8.85. The summed E-state index contributed by atoms with van der Waals surface area (Å²) in [6, 6.07) is 0. The van der Waals surface area contributed by atoms with Crippen molar-refractivity contribution in [1.82, 2.24) is 0 Å². The molecule has 1 aliphatic carbocycles. The first-order chi connectivity index (χ1) is 6.68. The van der Waals surface area contributed by atoms with Gasteiger partial charge in [0.1, 0.15) is 0 Å². The van der Waals surface area contributed by atoms with Gasteiger partial charge < -0.3 is 10.1 Å². The second kappa shape index (κ2) is 5.63. The molecule has 0 fully saturated rings. The van der Waals surface area contributed by atoms with Crippen LogP contribution in [0.3, 0.4) is 0 Å². The van der Waals surface area contributed by atoms with E-state index in [1.165, 1.54) is 0 Å². The van der Waals surface area contributed by atoms with Crippen molar-refractivity contribution in [2.75, 3.05) is 6.61 Å². The summed E-state index contributed by atoms with van der Waals surface area (Å²) in [5, 5.41) is 7.60. The molecule has 0 aromatic rings. The second-order valence-corrected chi connectivity index (χ2v) is 4.07. The van der Waals surface area contributed by atoms with E-state index in [0.29, 0.717) is 11.6 Å². The topological polar surface area (TPSA) is 33.1 Å². The summed E-state index contributed by atoms with van der Waals surface area (Å²) in [7, 11) is 0. The molecule has 1 aliphatic rings. The zero-order chi connectivity index (χ0) is 10.4. The van der Waals surface area contributed by atoms with Crippen LogP contribution in [0.4, 0.5) is 0 Å². The maximum atomic E-state index is 7.60. The highest BCUT2D eigenvalue weighted by atomic mass is 16.5. The number of hydrogen-bond donors (Lipinski definition) is 1. The van der Waals surface area contributed by atoms with E-state index >= 15 is 0 Å². The van der Waals surface area contributed by atoms with Crippen molar-refractivity contribution in [3.8, 4) is 0 Å². The number of allylic oxidation sites excluding steroid dienone is 4. The van der Waals surface area contributed by atoms with Gasteiger partial charge in [-0.25, -0.2) is 0 Å². The fourth-order valence-electron chi connectivity index (χ4n) is 1.29. The van der Waals surface area contributed by atoms with Gasteiger partial charge in [0, 0.05) is 12.5 Å². The van der Waals surface area contributed by atoms with Crippen molar-refractivity contribution < 1.29 is 4.74 Å². The molecule has 1 rings (SSSR count). The minimum absolute atomic E-state index is 0.545. The smallest absolute Gasteiger partial charge is 0.0981 e. The van der Waals surface area contributed by atoms with E-state index in [4.69, 9.17) is 10.1 Å². The Labute approximate surface area is 86.2 Å². The van der Waals surface area contributed by atoms with Gasteiger partial charge in [-0.1, -0.05) is 19.9 Å². The van der Waals surface area contributed by atoms with Crippen molar-refractivity contribution in [3.63, 3.8) is 0 Å². The van der Waals surface area contributed by atoms with Crippen LogP contribution in [0.5, 0.6) is 0 Å². The summed E-state index contributed by atoms with van der Waals surface area (Å²) in [5.74, 6) is 1.51. The van der Waals surface area contributed by atoms with Gasteiger partial charge in [0.25, 0.3) is 0 Å².